The first kappa shape index (κ1) is 12.5. The first-order valence-corrected chi connectivity index (χ1v) is 5.33. The van der Waals surface area contributed by atoms with E-state index in [1.54, 1.807) is 0 Å². The molecule has 1 aliphatic rings. The number of hydrogen-bond acceptors (Lipinski definition) is 4. The van der Waals surface area contributed by atoms with Crippen molar-refractivity contribution in [2.24, 2.45) is 5.92 Å². The van der Waals surface area contributed by atoms with Crippen molar-refractivity contribution in [3.63, 3.8) is 0 Å². The van der Waals surface area contributed by atoms with Crippen LogP contribution in [-0.2, 0) is 14.3 Å². The Morgan fingerprint density at radius 1 is 1.47 bits per heavy atom. The molecule has 1 heterocycles. The fraction of sp³-hybridized carbons (Fsp3) is 0.909. The van der Waals surface area contributed by atoms with Crippen molar-refractivity contribution in [3.8, 4) is 0 Å². The SMILES string of the molecule is CCC(CC1(C)COC(C)(C)O1)C(=O)[O-]. The van der Waals surface area contributed by atoms with Crippen molar-refractivity contribution in [1.29, 1.82) is 0 Å². The molecule has 0 aliphatic carbocycles. The summed E-state index contributed by atoms with van der Waals surface area (Å²) in [4.78, 5) is 10.8. The van der Waals surface area contributed by atoms with Crippen LogP contribution in [0.25, 0.3) is 0 Å². The van der Waals surface area contributed by atoms with Gasteiger partial charge in [-0.25, -0.2) is 0 Å². The molecule has 1 rings (SSSR count). The molecule has 0 saturated carbocycles. The van der Waals surface area contributed by atoms with E-state index in [4.69, 9.17) is 9.47 Å². The number of rotatable bonds is 4. The van der Waals surface area contributed by atoms with Crippen LogP contribution in [0.1, 0.15) is 40.5 Å². The summed E-state index contributed by atoms with van der Waals surface area (Å²) in [5, 5.41) is 10.8. The van der Waals surface area contributed by atoms with Crippen molar-refractivity contribution in [3.05, 3.63) is 0 Å². The minimum Gasteiger partial charge on any atom is -0.550 e. The number of carbonyl (C=O) groups excluding carboxylic acids is 1. The van der Waals surface area contributed by atoms with Crippen molar-refractivity contribution in [2.45, 2.75) is 51.9 Å². The lowest BCUT2D eigenvalue weighted by molar-refractivity contribution is -0.313. The predicted molar refractivity (Wildman–Crippen MR) is 52.9 cm³/mol. The van der Waals surface area contributed by atoms with Gasteiger partial charge in [-0.15, -0.1) is 0 Å². The molecule has 2 atom stereocenters. The van der Waals surface area contributed by atoms with Gasteiger partial charge in [0.2, 0.25) is 0 Å². The minimum absolute atomic E-state index is 0.434. The number of carboxylic acid groups (broad SMARTS) is 1. The second-order valence-corrected chi connectivity index (χ2v) is 4.87. The van der Waals surface area contributed by atoms with Crippen LogP contribution in [0.2, 0.25) is 0 Å². The molecule has 0 amide bonds. The maximum Gasteiger partial charge on any atom is 0.163 e. The van der Waals surface area contributed by atoms with Crippen LogP contribution in [0.4, 0.5) is 0 Å². The number of hydrogen-bond donors (Lipinski definition) is 0. The van der Waals surface area contributed by atoms with Gasteiger partial charge in [0.1, 0.15) is 0 Å². The molecule has 15 heavy (non-hydrogen) atoms. The smallest absolute Gasteiger partial charge is 0.163 e. The second-order valence-electron chi connectivity index (χ2n) is 4.87. The van der Waals surface area contributed by atoms with Crippen LogP contribution in [0.3, 0.4) is 0 Å². The average Bonchev–Trinajstić information content (AvgIpc) is 2.37. The van der Waals surface area contributed by atoms with Crippen LogP contribution in [0, 0.1) is 5.92 Å². The molecule has 1 aliphatic heterocycles. The lowest BCUT2D eigenvalue weighted by Gasteiger charge is -2.29. The van der Waals surface area contributed by atoms with Gasteiger partial charge in [-0.05, 0) is 33.6 Å². The standard InChI is InChI=1S/C11H20O4/c1-5-8(9(12)13)6-11(4)7-14-10(2,3)15-11/h8H,5-7H2,1-4H3,(H,12,13)/p-1. The van der Waals surface area contributed by atoms with E-state index in [9.17, 15) is 9.90 Å². The number of ether oxygens (including phenoxy) is 2. The zero-order chi connectivity index (χ0) is 11.7. The summed E-state index contributed by atoms with van der Waals surface area (Å²) in [6, 6.07) is 0. The molecular weight excluding hydrogens is 196 g/mol. The van der Waals surface area contributed by atoms with Crippen LogP contribution < -0.4 is 5.11 Å². The van der Waals surface area contributed by atoms with Gasteiger partial charge in [0, 0.05) is 11.9 Å². The molecule has 2 unspecified atom stereocenters. The molecule has 1 saturated heterocycles. The zero-order valence-electron chi connectivity index (χ0n) is 9.83. The Balaban J connectivity index is 2.61. The maximum atomic E-state index is 10.8. The van der Waals surface area contributed by atoms with Crippen molar-refractivity contribution >= 4 is 5.97 Å². The van der Waals surface area contributed by atoms with Gasteiger partial charge in [0.05, 0.1) is 12.2 Å². The highest BCUT2D eigenvalue weighted by Crippen LogP contribution is 2.35. The molecule has 0 N–H and O–H groups in total. The maximum absolute atomic E-state index is 10.8. The zero-order valence-corrected chi connectivity index (χ0v) is 9.83. The Labute approximate surface area is 90.6 Å². The van der Waals surface area contributed by atoms with E-state index in [-0.39, 0.29) is 0 Å². The third-order valence-electron chi connectivity index (χ3n) is 2.72. The summed E-state index contributed by atoms with van der Waals surface area (Å²) < 4.78 is 11.2. The van der Waals surface area contributed by atoms with Crippen LogP contribution >= 0.6 is 0 Å². The Hall–Kier alpha value is -0.610. The second kappa shape index (κ2) is 4.10. The highest BCUT2D eigenvalue weighted by molar-refractivity contribution is 5.67. The average molecular weight is 215 g/mol. The van der Waals surface area contributed by atoms with Gasteiger partial charge in [0.25, 0.3) is 0 Å². The Kier molecular flexibility index (Phi) is 3.41. The number of aliphatic carboxylic acids is 1. The Morgan fingerprint density at radius 2 is 2.07 bits per heavy atom. The molecule has 0 aromatic rings. The summed E-state index contributed by atoms with van der Waals surface area (Å²) in [6.45, 7) is 7.82. The summed E-state index contributed by atoms with van der Waals surface area (Å²) >= 11 is 0. The third-order valence-corrected chi connectivity index (χ3v) is 2.72. The molecule has 0 spiro atoms. The van der Waals surface area contributed by atoms with Crippen LogP contribution in [-0.4, -0.2) is 24.0 Å². The molecule has 88 valence electrons. The quantitative estimate of drug-likeness (QED) is 0.692. The van der Waals surface area contributed by atoms with Crippen molar-refractivity contribution in [2.75, 3.05) is 6.61 Å². The lowest BCUT2D eigenvalue weighted by atomic mass is 9.91. The number of carbonyl (C=O) groups is 1. The van der Waals surface area contributed by atoms with Gasteiger partial charge >= 0.3 is 0 Å². The molecular formula is C11H19O4-. The highest BCUT2D eigenvalue weighted by Gasteiger charge is 2.42. The minimum atomic E-state index is -1.01. The predicted octanol–water partition coefficient (Wildman–Crippen LogP) is 0.694. The van der Waals surface area contributed by atoms with E-state index in [0.29, 0.717) is 19.4 Å². The molecule has 1 fully saturated rings. The van der Waals surface area contributed by atoms with E-state index in [1.807, 2.05) is 27.7 Å². The van der Waals surface area contributed by atoms with Gasteiger partial charge < -0.3 is 19.4 Å². The van der Waals surface area contributed by atoms with Crippen molar-refractivity contribution in [1.82, 2.24) is 0 Å². The molecule has 0 aromatic carbocycles. The summed E-state index contributed by atoms with van der Waals surface area (Å²) in [7, 11) is 0. The van der Waals surface area contributed by atoms with Crippen LogP contribution in [0.5, 0.6) is 0 Å². The normalized spacial score (nSPS) is 31.5. The molecule has 0 bridgehead atoms. The fourth-order valence-corrected chi connectivity index (χ4v) is 1.99. The van der Waals surface area contributed by atoms with E-state index in [2.05, 4.69) is 0 Å². The fourth-order valence-electron chi connectivity index (χ4n) is 1.99. The Morgan fingerprint density at radius 3 is 2.40 bits per heavy atom. The molecule has 4 nitrogen and oxygen atoms in total. The first-order valence-electron chi connectivity index (χ1n) is 5.33. The van der Waals surface area contributed by atoms with E-state index in [1.165, 1.54) is 0 Å². The lowest BCUT2D eigenvalue weighted by Crippen LogP contribution is -2.39. The largest absolute Gasteiger partial charge is 0.550 e. The molecule has 0 radical (unpaired) electrons. The summed E-state index contributed by atoms with van der Waals surface area (Å²) in [5.41, 5.74) is -0.510. The first-order chi connectivity index (χ1) is 6.78. The van der Waals surface area contributed by atoms with E-state index < -0.39 is 23.3 Å². The molecule has 4 heteroatoms. The number of carboxylic acids is 1. The molecule has 0 aromatic heterocycles. The topological polar surface area (TPSA) is 58.6 Å². The summed E-state index contributed by atoms with van der Waals surface area (Å²) in [6.07, 6.45) is 0.997. The third kappa shape index (κ3) is 3.18. The van der Waals surface area contributed by atoms with E-state index in [0.717, 1.165) is 0 Å². The summed E-state index contributed by atoms with van der Waals surface area (Å²) in [5.74, 6) is -2.08. The van der Waals surface area contributed by atoms with Crippen molar-refractivity contribution < 1.29 is 19.4 Å². The monoisotopic (exact) mass is 215 g/mol. The van der Waals surface area contributed by atoms with Gasteiger partial charge in [0.15, 0.2) is 5.79 Å². The van der Waals surface area contributed by atoms with Gasteiger partial charge in [-0.2, -0.15) is 0 Å². The van der Waals surface area contributed by atoms with E-state index >= 15 is 0 Å². The van der Waals surface area contributed by atoms with Crippen LogP contribution in [0.15, 0.2) is 0 Å². The van der Waals surface area contributed by atoms with Gasteiger partial charge in [-0.3, -0.25) is 0 Å². The Bertz CT molecular complexity index is 249. The highest BCUT2D eigenvalue weighted by atomic mass is 16.8. The van der Waals surface area contributed by atoms with Gasteiger partial charge in [-0.1, -0.05) is 6.92 Å².